The van der Waals surface area contributed by atoms with E-state index in [2.05, 4.69) is 14.8 Å². The average Bonchev–Trinajstić information content (AvgIpc) is 3.26. The van der Waals surface area contributed by atoms with Crippen molar-refractivity contribution in [2.45, 2.75) is 44.6 Å². The van der Waals surface area contributed by atoms with Crippen LogP contribution in [0.4, 0.5) is 0 Å². The van der Waals surface area contributed by atoms with E-state index >= 15 is 0 Å². The fourth-order valence-corrected chi connectivity index (χ4v) is 4.70. The Kier molecular flexibility index (Phi) is 4.01. The van der Waals surface area contributed by atoms with Gasteiger partial charge in [0.05, 0.1) is 23.1 Å². The van der Waals surface area contributed by atoms with Crippen LogP contribution in [0.25, 0.3) is 0 Å². The van der Waals surface area contributed by atoms with E-state index in [0.29, 0.717) is 17.3 Å². The number of hydrogen-bond acceptors (Lipinski definition) is 4. The van der Waals surface area contributed by atoms with Crippen LogP contribution in [-0.4, -0.2) is 23.2 Å². The molecular weight excluding hydrogens is 312 g/mol. The van der Waals surface area contributed by atoms with Crippen molar-refractivity contribution >= 4 is 10.0 Å². The molecular formula is C16H22N4O2S. The van der Waals surface area contributed by atoms with Crippen molar-refractivity contribution in [2.24, 2.45) is 13.0 Å². The molecule has 1 aliphatic carbocycles. The van der Waals surface area contributed by atoms with Gasteiger partial charge >= 0.3 is 0 Å². The topological polar surface area (TPSA) is 76.9 Å². The molecule has 6 nitrogen and oxygen atoms in total. The van der Waals surface area contributed by atoms with Crippen LogP contribution in [0.5, 0.6) is 0 Å². The standard InChI is InChI=1S/C16H22N4O2S/c1-10-6-5-9-17-14(10)15(13-7-8-13)19-23(21,22)16-11(2)18-20(4)12(16)3/h5-6,9,13,15,19H,7-8H2,1-4H3/t15-/m1/s1. The molecule has 1 N–H and O–H groups in total. The largest absolute Gasteiger partial charge is 0.271 e. The predicted octanol–water partition coefficient (Wildman–Crippen LogP) is 2.17. The number of aromatic nitrogens is 3. The molecule has 1 saturated carbocycles. The minimum atomic E-state index is -3.64. The quantitative estimate of drug-likeness (QED) is 0.909. The van der Waals surface area contributed by atoms with Gasteiger partial charge < -0.3 is 0 Å². The van der Waals surface area contributed by atoms with E-state index in [1.807, 2.05) is 19.1 Å². The lowest BCUT2D eigenvalue weighted by Gasteiger charge is -2.19. The molecule has 0 spiro atoms. The third-order valence-electron chi connectivity index (χ3n) is 4.43. The molecule has 3 rings (SSSR count). The molecule has 2 aromatic rings. The van der Waals surface area contributed by atoms with E-state index in [1.165, 1.54) is 0 Å². The molecule has 1 fully saturated rings. The summed E-state index contributed by atoms with van der Waals surface area (Å²) in [6.45, 7) is 5.46. The zero-order valence-electron chi connectivity index (χ0n) is 13.9. The summed E-state index contributed by atoms with van der Waals surface area (Å²) in [6.07, 6.45) is 3.76. The van der Waals surface area contributed by atoms with Crippen LogP contribution in [0.15, 0.2) is 23.2 Å². The van der Waals surface area contributed by atoms with Gasteiger partial charge in [0.2, 0.25) is 10.0 Å². The Morgan fingerprint density at radius 1 is 1.30 bits per heavy atom. The summed E-state index contributed by atoms with van der Waals surface area (Å²) in [5.74, 6) is 0.315. The Morgan fingerprint density at radius 3 is 2.52 bits per heavy atom. The highest BCUT2D eigenvalue weighted by atomic mass is 32.2. The SMILES string of the molecule is Cc1cccnc1[C@H](NS(=O)(=O)c1c(C)nn(C)c1C)C1CC1. The number of hydrogen-bond donors (Lipinski definition) is 1. The highest BCUT2D eigenvalue weighted by molar-refractivity contribution is 7.89. The van der Waals surface area contributed by atoms with Gasteiger partial charge in [-0.2, -0.15) is 5.10 Å². The van der Waals surface area contributed by atoms with E-state index in [9.17, 15) is 8.42 Å². The lowest BCUT2D eigenvalue weighted by atomic mass is 10.1. The molecule has 1 aliphatic rings. The summed E-state index contributed by atoms with van der Waals surface area (Å²) in [7, 11) is -1.89. The van der Waals surface area contributed by atoms with Crippen molar-refractivity contribution in [3.8, 4) is 0 Å². The Labute approximate surface area is 137 Å². The van der Waals surface area contributed by atoms with Gasteiger partial charge in [0.1, 0.15) is 4.90 Å². The summed E-state index contributed by atoms with van der Waals surface area (Å²) in [5.41, 5.74) is 2.98. The summed E-state index contributed by atoms with van der Waals surface area (Å²) in [5, 5.41) is 4.22. The van der Waals surface area contributed by atoms with E-state index in [1.54, 1.807) is 31.8 Å². The summed E-state index contributed by atoms with van der Waals surface area (Å²) in [4.78, 5) is 4.70. The number of aryl methyl sites for hydroxylation is 3. The van der Waals surface area contributed by atoms with Gasteiger partial charge in [0, 0.05) is 13.2 Å². The lowest BCUT2D eigenvalue weighted by molar-refractivity contribution is 0.518. The maximum Gasteiger partial charge on any atom is 0.244 e. The van der Waals surface area contributed by atoms with Gasteiger partial charge in [0.25, 0.3) is 0 Å². The van der Waals surface area contributed by atoms with Crippen LogP contribution in [0.2, 0.25) is 0 Å². The Bertz CT molecular complexity index is 838. The maximum atomic E-state index is 12.9. The molecule has 7 heteroatoms. The van der Waals surface area contributed by atoms with Crippen molar-refractivity contribution in [3.05, 3.63) is 41.0 Å². The molecule has 0 aromatic carbocycles. The first-order chi connectivity index (χ1) is 10.8. The molecule has 2 aromatic heterocycles. The van der Waals surface area contributed by atoms with Gasteiger partial charge in [0.15, 0.2) is 0 Å². The Hall–Kier alpha value is -1.73. The van der Waals surface area contributed by atoms with Crippen LogP contribution in [-0.2, 0) is 17.1 Å². The second kappa shape index (κ2) is 5.72. The second-order valence-electron chi connectivity index (χ2n) is 6.27. The predicted molar refractivity (Wildman–Crippen MR) is 87.4 cm³/mol. The van der Waals surface area contributed by atoms with E-state index in [4.69, 9.17) is 0 Å². The third-order valence-corrected chi connectivity index (χ3v) is 6.12. The summed E-state index contributed by atoms with van der Waals surface area (Å²) in [6, 6.07) is 3.56. The van der Waals surface area contributed by atoms with Crippen molar-refractivity contribution in [2.75, 3.05) is 0 Å². The highest BCUT2D eigenvalue weighted by Gasteiger charge is 2.38. The average molecular weight is 334 g/mol. The molecule has 1 atom stereocenters. The molecule has 0 unspecified atom stereocenters. The number of nitrogens with one attached hydrogen (secondary N) is 1. The first kappa shape index (κ1) is 16.1. The molecule has 0 radical (unpaired) electrons. The maximum absolute atomic E-state index is 12.9. The fourth-order valence-electron chi connectivity index (χ4n) is 3.00. The van der Waals surface area contributed by atoms with Crippen molar-refractivity contribution in [1.82, 2.24) is 19.5 Å². The summed E-state index contributed by atoms with van der Waals surface area (Å²) >= 11 is 0. The van der Waals surface area contributed by atoms with Crippen molar-refractivity contribution in [1.29, 1.82) is 0 Å². The Morgan fingerprint density at radius 2 is 2.00 bits per heavy atom. The lowest BCUT2D eigenvalue weighted by Crippen LogP contribution is -2.31. The molecule has 0 saturated heterocycles. The first-order valence-corrected chi connectivity index (χ1v) is 9.23. The van der Waals surface area contributed by atoms with Crippen molar-refractivity contribution < 1.29 is 8.42 Å². The third kappa shape index (κ3) is 3.03. The van der Waals surface area contributed by atoms with E-state index in [-0.39, 0.29) is 10.9 Å². The van der Waals surface area contributed by atoms with Gasteiger partial charge in [-0.15, -0.1) is 0 Å². The highest BCUT2D eigenvalue weighted by Crippen LogP contribution is 2.42. The molecule has 0 amide bonds. The smallest absolute Gasteiger partial charge is 0.244 e. The van der Waals surface area contributed by atoms with Gasteiger partial charge in [-0.25, -0.2) is 13.1 Å². The van der Waals surface area contributed by atoms with E-state index < -0.39 is 10.0 Å². The summed E-state index contributed by atoms with van der Waals surface area (Å²) < 4.78 is 30.3. The molecule has 2 heterocycles. The van der Waals surface area contributed by atoms with Crippen LogP contribution in [0.3, 0.4) is 0 Å². The molecule has 0 aliphatic heterocycles. The minimum Gasteiger partial charge on any atom is -0.271 e. The minimum absolute atomic E-state index is 0.277. The van der Waals surface area contributed by atoms with Gasteiger partial charge in [-0.3, -0.25) is 9.67 Å². The molecule has 23 heavy (non-hydrogen) atoms. The van der Waals surface area contributed by atoms with Crippen LogP contribution in [0.1, 0.15) is 41.5 Å². The van der Waals surface area contributed by atoms with Crippen LogP contribution >= 0.6 is 0 Å². The zero-order valence-corrected chi connectivity index (χ0v) is 14.7. The fraction of sp³-hybridized carbons (Fsp3) is 0.500. The number of nitrogens with zero attached hydrogens (tertiary/aromatic N) is 3. The van der Waals surface area contributed by atoms with Crippen LogP contribution in [0, 0.1) is 26.7 Å². The first-order valence-electron chi connectivity index (χ1n) is 7.75. The molecule has 124 valence electrons. The zero-order chi connectivity index (χ0) is 16.8. The normalized spacial score (nSPS) is 16.5. The Balaban J connectivity index is 1.99. The number of rotatable bonds is 5. The number of pyridine rings is 1. The molecule has 0 bridgehead atoms. The van der Waals surface area contributed by atoms with Gasteiger partial charge in [-0.1, -0.05) is 6.07 Å². The van der Waals surface area contributed by atoms with Gasteiger partial charge in [-0.05, 0) is 51.2 Å². The number of sulfonamides is 1. The monoisotopic (exact) mass is 334 g/mol. The van der Waals surface area contributed by atoms with Crippen LogP contribution < -0.4 is 4.72 Å². The van der Waals surface area contributed by atoms with E-state index in [0.717, 1.165) is 24.1 Å². The second-order valence-corrected chi connectivity index (χ2v) is 7.92. The van der Waals surface area contributed by atoms with Crippen molar-refractivity contribution in [3.63, 3.8) is 0 Å².